The molecule has 0 saturated heterocycles. The van der Waals surface area contributed by atoms with Crippen molar-refractivity contribution < 1.29 is 19.0 Å². The molecule has 0 bridgehead atoms. The zero-order chi connectivity index (χ0) is 24.5. The van der Waals surface area contributed by atoms with Crippen molar-refractivity contribution in [2.75, 3.05) is 13.7 Å². The lowest BCUT2D eigenvalue weighted by atomic mass is 9.98. The van der Waals surface area contributed by atoms with E-state index < -0.39 is 0 Å². The van der Waals surface area contributed by atoms with Gasteiger partial charge in [-0.3, -0.25) is 4.79 Å². The molecule has 0 radical (unpaired) electrons. The van der Waals surface area contributed by atoms with Gasteiger partial charge in [0.1, 0.15) is 23.9 Å². The lowest BCUT2D eigenvalue weighted by molar-refractivity contribution is 0.0942. The largest absolute Gasteiger partial charge is 0.497 e. The van der Waals surface area contributed by atoms with Gasteiger partial charge in [0.05, 0.1) is 19.8 Å². The number of hydrogen-bond acceptors (Lipinski definition) is 4. The Morgan fingerprint density at radius 2 is 1.37 bits per heavy atom. The zero-order valence-corrected chi connectivity index (χ0v) is 19.9. The molecule has 1 amide bonds. The summed E-state index contributed by atoms with van der Waals surface area (Å²) in [6.07, 6.45) is 0. The van der Waals surface area contributed by atoms with Crippen LogP contribution in [0.1, 0.15) is 40.0 Å². The summed E-state index contributed by atoms with van der Waals surface area (Å²) in [7, 11) is 1.63. The zero-order valence-electron chi connectivity index (χ0n) is 19.9. The number of rotatable bonds is 10. The van der Waals surface area contributed by atoms with E-state index in [0.29, 0.717) is 23.7 Å². The van der Waals surface area contributed by atoms with Gasteiger partial charge in [0.25, 0.3) is 5.91 Å². The third-order valence-electron chi connectivity index (χ3n) is 5.62. The van der Waals surface area contributed by atoms with Crippen molar-refractivity contribution in [2.45, 2.75) is 19.6 Å². The molecule has 4 rings (SSSR count). The van der Waals surface area contributed by atoms with Crippen LogP contribution in [-0.4, -0.2) is 19.6 Å². The molecule has 0 aromatic heterocycles. The number of hydrogen-bond donors (Lipinski definition) is 1. The highest BCUT2D eigenvalue weighted by atomic mass is 16.5. The molecule has 4 aromatic rings. The Hall–Kier alpha value is -4.25. The standard InChI is InChI=1S/C30H29NO4/c1-3-34-28-19-14-24(20-25(28)21-35-27-17-15-26(33-2)16-18-27)30(32)31-29(22-10-6-4-7-11-22)23-12-8-5-9-13-23/h4-20,29H,3,21H2,1-2H3,(H,31,32). The summed E-state index contributed by atoms with van der Waals surface area (Å²) in [6.45, 7) is 2.72. The van der Waals surface area contributed by atoms with Gasteiger partial charge < -0.3 is 19.5 Å². The van der Waals surface area contributed by atoms with Crippen LogP contribution in [0.3, 0.4) is 0 Å². The summed E-state index contributed by atoms with van der Waals surface area (Å²) in [4.78, 5) is 13.4. The normalized spacial score (nSPS) is 10.6. The fourth-order valence-electron chi connectivity index (χ4n) is 3.83. The molecule has 0 unspecified atom stereocenters. The van der Waals surface area contributed by atoms with Gasteiger partial charge in [-0.1, -0.05) is 60.7 Å². The number of nitrogens with one attached hydrogen (secondary N) is 1. The van der Waals surface area contributed by atoms with Crippen LogP contribution in [-0.2, 0) is 6.61 Å². The Labute approximate surface area is 206 Å². The van der Waals surface area contributed by atoms with E-state index in [4.69, 9.17) is 14.2 Å². The van der Waals surface area contributed by atoms with Gasteiger partial charge in [0.2, 0.25) is 0 Å². The van der Waals surface area contributed by atoms with Crippen LogP contribution >= 0.6 is 0 Å². The monoisotopic (exact) mass is 467 g/mol. The Morgan fingerprint density at radius 1 is 0.771 bits per heavy atom. The van der Waals surface area contributed by atoms with Crippen molar-refractivity contribution in [3.8, 4) is 17.2 Å². The van der Waals surface area contributed by atoms with Crippen molar-refractivity contribution >= 4 is 5.91 Å². The van der Waals surface area contributed by atoms with E-state index in [0.717, 1.165) is 22.4 Å². The number of carbonyl (C=O) groups is 1. The van der Waals surface area contributed by atoms with Crippen molar-refractivity contribution in [2.24, 2.45) is 0 Å². The highest BCUT2D eigenvalue weighted by Crippen LogP contribution is 2.26. The first-order chi connectivity index (χ1) is 17.2. The molecule has 0 heterocycles. The summed E-state index contributed by atoms with van der Waals surface area (Å²) in [5.74, 6) is 1.99. The number of methoxy groups -OCH3 is 1. The second-order valence-electron chi connectivity index (χ2n) is 7.95. The molecule has 4 aromatic carbocycles. The SMILES string of the molecule is CCOc1ccc(C(=O)NC(c2ccccc2)c2ccccc2)cc1COc1ccc(OC)cc1. The van der Waals surface area contributed by atoms with Crippen molar-refractivity contribution in [1.82, 2.24) is 5.32 Å². The van der Waals surface area contributed by atoms with Crippen LogP contribution in [0.25, 0.3) is 0 Å². The van der Waals surface area contributed by atoms with Crippen LogP contribution in [0.2, 0.25) is 0 Å². The molecule has 0 fully saturated rings. The number of amides is 1. The van der Waals surface area contributed by atoms with E-state index in [2.05, 4.69) is 5.32 Å². The van der Waals surface area contributed by atoms with Gasteiger partial charge in [-0.25, -0.2) is 0 Å². The Morgan fingerprint density at radius 3 is 1.94 bits per heavy atom. The average molecular weight is 468 g/mol. The second-order valence-corrected chi connectivity index (χ2v) is 7.95. The maximum absolute atomic E-state index is 13.4. The highest BCUT2D eigenvalue weighted by molar-refractivity contribution is 5.95. The van der Waals surface area contributed by atoms with Crippen LogP contribution in [0, 0.1) is 0 Å². The minimum absolute atomic E-state index is 0.170. The molecule has 0 saturated carbocycles. The quantitative estimate of drug-likeness (QED) is 0.302. The molecule has 5 heteroatoms. The first-order valence-corrected chi connectivity index (χ1v) is 11.6. The van der Waals surface area contributed by atoms with Gasteiger partial charge >= 0.3 is 0 Å². The summed E-state index contributed by atoms with van der Waals surface area (Å²) in [6, 6.07) is 32.5. The first kappa shape index (κ1) is 23.9. The van der Waals surface area contributed by atoms with Crippen LogP contribution < -0.4 is 19.5 Å². The lowest BCUT2D eigenvalue weighted by Gasteiger charge is -2.20. The van der Waals surface area contributed by atoms with E-state index in [-0.39, 0.29) is 18.6 Å². The summed E-state index contributed by atoms with van der Waals surface area (Å²) < 4.78 is 17.0. The summed E-state index contributed by atoms with van der Waals surface area (Å²) in [5, 5.41) is 3.20. The van der Waals surface area contributed by atoms with E-state index in [1.54, 1.807) is 13.2 Å². The van der Waals surface area contributed by atoms with E-state index >= 15 is 0 Å². The average Bonchev–Trinajstić information content (AvgIpc) is 2.92. The Bertz CT molecular complexity index is 1180. The topological polar surface area (TPSA) is 56.8 Å². The maximum Gasteiger partial charge on any atom is 0.252 e. The minimum atomic E-state index is -0.268. The van der Waals surface area contributed by atoms with Gasteiger partial charge in [-0.15, -0.1) is 0 Å². The van der Waals surface area contributed by atoms with E-state index in [1.807, 2.05) is 104 Å². The van der Waals surface area contributed by atoms with Crippen LogP contribution in [0.4, 0.5) is 0 Å². The maximum atomic E-state index is 13.4. The van der Waals surface area contributed by atoms with Crippen LogP contribution in [0.5, 0.6) is 17.2 Å². The molecule has 0 spiro atoms. The molecule has 178 valence electrons. The van der Waals surface area contributed by atoms with Gasteiger partial charge in [0, 0.05) is 11.1 Å². The number of carbonyl (C=O) groups excluding carboxylic acids is 1. The van der Waals surface area contributed by atoms with Crippen molar-refractivity contribution in [3.63, 3.8) is 0 Å². The second kappa shape index (κ2) is 11.7. The highest BCUT2D eigenvalue weighted by Gasteiger charge is 2.19. The van der Waals surface area contributed by atoms with Gasteiger partial charge in [-0.05, 0) is 60.5 Å². The molecule has 0 aliphatic carbocycles. The molecular formula is C30H29NO4. The fraction of sp³-hybridized carbons (Fsp3) is 0.167. The predicted octanol–water partition coefficient (Wildman–Crippen LogP) is 6.19. The predicted molar refractivity (Wildman–Crippen MR) is 137 cm³/mol. The molecule has 1 N–H and O–H groups in total. The van der Waals surface area contributed by atoms with Gasteiger partial charge in [0.15, 0.2) is 0 Å². The molecule has 0 atom stereocenters. The molecule has 0 aliphatic heterocycles. The lowest BCUT2D eigenvalue weighted by Crippen LogP contribution is -2.29. The summed E-state index contributed by atoms with van der Waals surface area (Å²) >= 11 is 0. The van der Waals surface area contributed by atoms with E-state index in [9.17, 15) is 4.79 Å². The number of benzene rings is 4. The third kappa shape index (κ3) is 6.21. The first-order valence-electron chi connectivity index (χ1n) is 11.6. The summed E-state index contributed by atoms with van der Waals surface area (Å²) in [5.41, 5.74) is 3.37. The minimum Gasteiger partial charge on any atom is -0.497 e. The third-order valence-corrected chi connectivity index (χ3v) is 5.62. The molecule has 35 heavy (non-hydrogen) atoms. The number of ether oxygens (including phenoxy) is 3. The van der Waals surface area contributed by atoms with Crippen molar-refractivity contribution in [3.05, 3.63) is 125 Å². The smallest absolute Gasteiger partial charge is 0.252 e. The van der Waals surface area contributed by atoms with Gasteiger partial charge in [-0.2, -0.15) is 0 Å². The molecule has 0 aliphatic rings. The molecular weight excluding hydrogens is 438 g/mol. The fourth-order valence-corrected chi connectivity index (χ4v) is 3.83. The van der Waals surface area contributed by atoms with E-state index in [1.165, 1.54) is 0 Å². The van der Waals surface area contributed by atoms with Crippen molar-refractivity contribution in [1.29, 1.82) is 0 Å². The Kier molecular flexibility index (Phi) is 8.02. The van der Waals surface area contributed by atoms with Crippen LogP contribution in [0.15, 0.2) is 103 Å². The Balaban J connectivity index is 1.56. The molecule has 5 nitrogen and oxygen atoms in total.